The van der Waals surface area contributed by atoms with E-state index in [0.29, 0.717) is 11.1 Å². The zero-order valence-corrected chi connectivity index (χ0v) is 8.47. The number of likely N-dealkylation sites (N-methyl/N-ethyl adjacent to an activating group) is 1. The normalized spacial score (nSPS) is 9.57. The second-order valence-electron chi connectivity index (χ2n) is 2.70. The lowest BCUT2D eigenvalue weighted by Gasteiger charge is -2.03. The van der Waals surface area contributed by atoms with Gasteiger partial charge in [-0.1, -0.05) is 24.3 Å². The second kappa shape index (κ2) is 4.77. The number of Topliss-reactive ketones (excluding diaryl/α,β-unsaturated/α-hetero) is 1. The van der Waals surface area contributed by atoms with Gasteiger partial charge in [0.25, 0.3) is 5.91 Å². The quantitative estimate of drug-likeness (QED) is 0.466. The van der Waals surface area contributed by atoms with Gasteiger partial charge >= 0.3 is 0 Å². The molecular formula is C10H10ClNO2. The number of alkyl halides is 1. The van der Waals surface area contributed by atoms with E-state index < -0.39 is 11.7 Å². The Morgan fingerprint density at radius 2 is 2.00 bits per heavy atom. The van der Waals surface area contributed by atoms with E-state index in [0.717, 1.165) is 0 Å². The number of carbonyl (C=O) groups excluding carboxylic acids is 2. The van der Waals surface area contributed by atoms with Crippen LogP contribution in [0.1, 0.15) is 15.9 Å². The van der Waals surface area contributed by atoms with Crippen LogP contribution in [0.2, 0.25) is 0 Å². The Morgan fingerprint density at radius 1 is 1.36 bits per heavy atom. The molecule has 0 aromatic heterocycles. The Bertz CT molecular complexity index is 363. The molecule has 1 rings (SSSR count). The highest BCUT2D eigenvalue weighted by Gasteiger charge is 2.16. The fourth-order valence-electron chi connectivity index (χ4n) is 1.09. The van der Waals surface area contributed by atoms with Gasteiger partial charge in [0.1, 0.15) is 0 Å². The van der Waals surface area contributed by atoms with E-state index in [-0.39, 0.29) is 5.88 Å². The molecule has 74 valence electrons. The molecule has 0 saturated carbocycles. The summed E-state index contributed by atoms with van der Waals surface area (Å²) in [6.45, 7) is 0. The topological polar surface area (TPSA) is 46.2 Å². The van der Waals surface area contributed by atoms with Crippen LogP contribution in [0.3, 0.4) is 0 Å². The SMILES string of the molecule is CNC(=O)C(=O)c1ccccc1CCl. The highest BCUT2D eigenvalue weighted by atomic mass is 35.5. The maximum absolute atomic E-state index is 11.5. The van der Waals surface area contributed by atoms with Crippen molar-refractivity contribution in [1.82, 2.24) is 5.32 Å². The van der Waals surface area contributed by atoms with E-state index in [1.54, 1.807) is 24.3 Å². The van der Waals surface area contributed by atoms with Crippen LogP contribution in [-0.2, 0) is 10.7 Å². The van der Waals surface area contributed by atoms with Crippen LogP contribution in [0.25, 0.3) is 0 Å². The Balaban J connectivity index is 3.06. The molecule has 0 fully saturated rings. The van der Waals surface area contributed by atoms with Crippen molar-refractivity contribution in [3.05, 3.63) is 35.4 Å². The first kappa shape index (κ1) is 10.7. The van der Waals surface area contributed by atoms with Crippen molar-refractivity contribution in [3.8, 4) is 0 Å². The average molecular weight is 212 g/mol. The monoisotopic (exact) mass is 211 g/mol. The molecule has 0 aliphatic rings. The predicted molar refractivity (Wildman–Crippen MR) is 54.4 cm³/mol. The molecule has 0 atom stereocenters. The molecule has 0 radical (unpaired) electrons. The minimum Gasteiger partial charge on any atom is -0.352 e. The zero-order valence-electron chi connectivity index (χ0n) is 7.71. The first-order chi connectivity index (χ1) is 6.70. The molecule has 0 saturated heterocycles. The summed E-state index contributed by atoms with van der Waals surface area (Å²) in [6.07, 6.45) is 0. The van der Waals surface area contributed by atoms with E-state index in [2.05, 4.69) is 5.32 Å². The van der Waals surface area contributed by atoms with Crippen molar-refractivity contribution < 1.29 is 9.59 Å². The van der Waals surface area contributed by atoms with Crippen molar-refractivity contribution in [2.75, 3.05) is 7.05 Å². The van der Waals surface area contributed by atoms with Crippen LogP contribution in [0, 0.1) is 0 Å². The molecule has 0 aliphatic heterocycles. The zero-order chi connectivity index (χ0) is 10.6. The fourth-order valence-corrected chi connectivity index (χ4v) is 1.33. The van der Waals surface area contributed by atoms with Crippen LogP contribution in [0.4, 0.5) is 0 Å². The number of hydrogen-bond acceptors (Lipinski definition) is 2. The first-order valence-corrected chi connectivity index (χ1v) is 4.64. The van der Waals surface area contributed by atoms with Crippen LogP contribution >= 0.6 is 11.6 Å². The molecule has 4 heteroatoms. The van der Waals surface area contributed by atoms with E-state index >= 15 is 0 Å². The van der Waals surface area contributed by atoms with E-state index in [1.807, 2.05) is 0 Å². The minimum absolute atomic E-state index is 0.221. The summed E-state index contributed by atoms with van der Waals surface area (Å²) < 4.78 is 0. The van der Waals surface area contributed by atoms with Crippen molar-refractivity contribution in [2.24, 2.45) is 0 Å². The van der Waals surface area contributed by atoms with E-state index in [1.165, 1.54) is 7.05 Å². The summed E-state index contributed by atoms with van der Waals surface area (Å²) in [5.74, 6) is -0.954. The number of benzene rings is 1. The molecule has 1 N–H and O–H groups in total. The second-order valence-corrected chi connectivity index (χ2v) is 2.97. The van der Waals surface area contributed by atoms with Gasteiger partial charge in [-0.15, -0.1) is 11.6 Å². The first-order valence-electron chi connectivity index (χ1n) is 4.11. The molecule has 3 nitrogen and oxygen atoms in total. The predicted octanol–water partition coefficient (Wildman–Crippen LogP) is 1.35. The van der Waals surface area contributed by atoms with Gasteiger partial charge < -0.3 is 5.32 Å². The summed E-state index contributed by atoms with van der Waals surface area (Å²) in [5.41, 5.74) is 1.03. The van der Waals surface area contributed by atoms with E-state index in [9.17, 15) is 9.59 Å². The standard InChI is InChI=1S/C10H10ClNO2/c1-12-10(14)9(13)8-5-3-2-4-7(8)6-11/h2-5H,6H2,1H3,(H,12,14). The lowest BCUT2D eigenvalue weighted by atomic mass is 10.0. The number of rotatable bonds is 3. The summed E-state index contributed by atoms with van der Waals surface area (Å²) in [7, 11) is 1.42. The largest absolute Gasteiger partial charge is 0.352 e. The molecule has 0 unspecified atom stereocenters. The summed E-state index contributed by atoms with van der Waals surface area (Å²) in [4.78, 5) is 22.6. The van der Waals surface area contributed by atoms with Crippen molar-refractivity contribution in [1.29, 1.82) is 0 Å². The third-order valence-electron chi connectivity index (χ3n) is 1.84. The third kappa shape index (κ3) is 2.12. The Morgan fingerprint density at radius 3 is 2.57 bits per heavy atom. The van der Waals surface area contributed by atoms with Crippen molar-refractivity contribution in [2.45, 2.75) is 5.88 Å². The van der Waals surface area contributed by atoms with Crippen molar-refractivity contribution >= 4 is 23.3 Å². The van der Waals surface area contributed by atoms with Gasteiger partial charge in [0.15, 0.2) is 0 Å². The number of carbonyl (C=O) groups is 2. The Kier molecular flexibility index (Phi) is 3.65. The van der Waals surface area contributed by atoms with Gasteiger partial charge in [0.2, 0.25) is 5.78 Å². The van der Waals surface area contributed by atoms with Gasteiger partial charge in [-0.2, -0.15) is 0 Å². The molecule has 0 bridgehead atoms. The number of nitrogens with one attached hydrogen (secondary N) is 1. The lowest BCUT2D eigenvalue weighted by Crippen LogP contribution is -2.28. The van der Waals surface area contributed by atoms with E-state index in [4.69, 9.17) is 11.6 Å². The Hall–Kier alpha value is -1.35. The van der Waals surface area contributed by atoms with Crippen LogP contribution < -0.4 is 5.32 Å². The number of halogens is 1. The molecule has 0 spiro atoms. The summed E-state index contributed by atoms with van der Waals surface area (Å²) >= 11 is 5.64. The average Bonchev–Trinajstić information content (AvgIpc) is 2.26. The Labute approximate surface area is 87.1 Å². The molecular weight excluding hydrogens is 202 g/mol. The smallest absolute Gasteiger partial charge is 0.292 e. The summed E-state index contributed by atoms with van der Waals surface area (Å²) in [5, 5.41) is 2.28. The van der Waals surface area contributed by atoms with Crippen LogP contribution in [-0.4, -0.2) is 18.7 Å². The number of ketones is 1. The molecule has 0 aliphatic carbocycles. The molecule has 1 aromatic rings. The van der Waals surface area contributed by atoms with Gasteiger partial charge in [-0.05, 0) is 5.56 Å². The summed E-state index contributed by atoms with van der Waals surface area (Å²) in [6, 6.07) is 6.79. The molecule has 0 heterocycles. The van der Waals surface area contributed by atoms with Crippen LogP contribution in [0.15, 0.2) is 24.3 Å². The minimum atomic E-state index is -0.623. The highest BCUT2D eigenvalue weighted by Crippen LogP contribution is 2.11. The van der Waals surface area contributed by atoms with Gasteiger partial charge in [-0.3, -0.25) is 9.59 Å². The van der Waals surface area contributed by atoms with Crippen molar-refractivity contribution in [3.63, 3.8) is 0 Å². The number of amides is 1. The maximum Gasteiger partial charge on any atom is 0.292 e. The van der Waals surface area contributed by atoms with Crippen LogP contribution in [0.5, 0.6) is 0 Å². The maximum atomic E-state index is 11.5. The molecule has 1 aromatic carbocycles. The molecule has 1 amide bonds. The van der Waals surface area contributed by atoms with Gasteiger partial charge in [0, 0.05) is 18.5 Å². The fraction of sp³-hybridized carbons (Fsp3) is 0.200. The molecule has 14 heavy (non-hydrogen) atoms. The highest BCUT2D eigenvalue weighted by molar-refractivity contribution is 6.43. The van der Waals surface area contributed by atoms with Gasteiger partial charge in [-0.25, -0.2) is 0 Å². The number of hydrogen-bond donors (Lipinski definition) is 1. The third-order valence-corrected chi connectivity index (χ3v) is 2.13. The van der Waals surface area contributed by atoms with Gasteiger partial charge in [0.05, 0.1) is 0 Å². The lowest BCUT2D eigenvalue weighted by molar-refractivity contribution is -0.116.